The van der Waals surface area contributed by atoms with E-state index in [2.05, 4.69) is 17.7 Å². The van der Waals surface area contributed by atoms with E-state index in [1.165, 1.54) is 0 Å². The van der Waals surface area contributed by atoms with Crippen LogP contribution in [0.15, 0.2) is 0 Å². The lowest BCUT2D eigenvalue weighted by Crippen LogP contribution is -2.08. The summed E-state index contributed by atoms with van der Waals surface area (Å²) in [6, 6.07) is 0. The smallest absolute Gasteiger partial charge is 0.324 e. The Morgan fingerprint density at radius 1 is 1.50 bits per heavy atom. The lowest BCUT2D eigenvalue weighted by Gasteiger charge is -1.94. The van der Waals surface area contributed by atoms with Crippen LogP contribution >= 0.6 is 0 Å². The predicted octanol–water partition coefficient (Wildman–Crippen LogP) is 0.159. The van der Waals surface area contributed by atoms with Gasteiger partial charge >= 0.3 is 5.97 Å². The van der Waals surface area contributed by atoms with Crippen LogP contribution in [0.2, 0.25) is 0 Å². The van der Waals surface area contributed by atoms with E-state index in [-0.39, 0.29) is 11.4 Å². The lowest BCUT2D eigenvalue weighted by atomic mass is 10.2. The molecule has 4 heteroatoms. The second kappa shape index (κ2) is 8.39. The van der Waals surface area contributed by atoms with Crippen molar-refractivity contribution in [2.75, 3.05) is 0 Å². The van der Waals surface area contributed by atoms with Gasteiger partial charge in [0, 0.05) is 6.42 Å². The highest BCUT2D eigenvalue weighted by atomic mass is 16.7. The third kappa shape index (κ3) is 7.39. The van der Waals surface area contributed by atoms with Crippen molar-refractivity contribution >= 4 is 5.97 Å². The SMILES string of the molecule is CCCCCC(=O)ON.O. The van der Waals surface area contributed by atoms with Crippen molar-refractivity contribution < 1.29 is 15.1 Å². The fourth-order valence-corrected chi connectivity index (χ4v) is 0.578. The highest BCUT2D eigenvalue weighted by Gasteiger charge is 1.97. The van der Waals surface area contributed by atoms with Gasteiger partial charge in [0.15, 0.2) is 0 Å². The Hall–Kier alpha value is -0.610. The molecule has 10 heavy (non-hydrogen) atoms. The van der Waals surface area contributed by atoms with E-state index in [0.29, 0.717) is 6.42 Å². The largest absolute Gasteiger partial charge is 0.412 e. The van der Waals surface area contributed by atoms with Gasteiger partial charge in [0.05, 0.1) is 0 Å². The standard InChI is InChI=1S/C6H13NO2.H2O/c1-2-3-4-5-6(8)9-7;/h2-5,7H2,1H3;1H2. The number of hydrogen-bond acceptors (Lipinski definition) is 3. The van der Waals surface area contributed by atoms with Crippen LogP contribution in [0.3, 0.4) is 0 Å². The molecular formula is C6H15NO3. The first-order valence-corrected chi connectivity index (χ1v) is 3.20. The number of nitrogens with two attached hydrogens (primary N) is 1. The topological polar surface area (TPSA) is 83.8 Å². The maximum atomic E-state index is 10.3. The fraction of sp³-hybridized carbons (Fsp3) is 0.833. The fourth-order valence-electron chi connectivity index (χ4n) is 0.578. The van der Waals surface area contributed by atoms with Crippen molar-refractivity contribution in [2.45, 2.75) is 32.6 Å². The molecule has 0 fully saturated rings. The Balaban J connectivity index is 0. The molecule has 0 saturated heterocycles. The predicted molar refractivity (Wildman–Crippen MR) is 38.0 cm³/mol. The quantitative estimate of drug-likeness (QED) is 0.456. The van der Waals surface area contributed by atoms with Crippen LogP contribution in [0.25, 0.3) is 0 Å². The first-order chi connectivity index (χ1) is 4.31. The zero-order valence-corrected chi connectivity index (χ0v) is 6.22. The van der Waals surface area contributed by atoms with Crippen molar-refractivity contribution in [2.24, 2.45) is 5.90 Å². The van der Waals surface area contributed by atoms with Gasteiger partial charge < -0.3 is 10.3 Å². The molecular weight excluding hydrogens is 134 g/mol. The maximum absolute atomic E-state index is 10.3. The van der Waals surface area contributed by atoms with Gasteiger partial charge in [-0.3, -0.25) is 4.79 Å². The van der Waals surface area contributed by atoms with Gasteiger partial charge in [0.1, 0.15) is 0 Å². The number of unbranched alkanes of at least 4 members (excludes halogenated alkanes) is 2. The molecule has 0 heterocycles. The lowest BCUT2D eigenvalue weighted by molar-refractivity contribution is -0.144. The number of rotatable bonds is 4. The summed E-state index contributed by atoms with van der Waals surface area (Å²) in [6.45, 7) is 2.08. The van der Waals surface area contributed by atoms with Crippen LogP contribution in [0.1, 0.15) is 32.6 Å². The van der Waals surface area contributed by atoms with Gasteiger partial charge in [-0.05, 0) is 6.42 Å². The summed E-state index contributed by atoms with van der Waals surface area (Å²) in [4.78, 5) is 14.3. The van der Waals surface area contributed by atoms with Crippen LogP contribution in [0, 0.1) is 0 Å². The molecule has 0 aliphatic heterocycles. The Bertz CT molecular complexity index is 85.1. The van der Waals surface area contributed by atoms with E-state index < -0.39 is 0 Å². The number of carbonyl (C=O) groups is 1. The second-order valence-corrected chi connectivity index (χ2v) is 1.95. The van der Waals surface area contributed by atoms with E-state index >= 15 is 0 Å². The molecule has 4 nitrogen and oxygen atoms in total. The summed E-state index contributed by atoms with van der Waals surface area (Å²) in [5.74, 6) is 4.29. The molecule has 0 bridgehead atoms. The number of hydrogen-bond donors (Lipinski definition) is 1. The van der Waals surface area contributed by atoms with Crippen LogP contribution < -0.4 is 5.90 Å². The van der Waals surface area contributed by atoms with Gasteiger partial charge in [-0.1, -0.05) is 19.8 Å². The summed E-state index contributed by atoms with van der Waals surface area (Å²) in [5.41, 5.74) is 0. The van der Waals surface area contributed by atoms with Crippen molar-refractivity contribution in [1.82, 2.24) is 0 Å². The number of carbonyl (C=O) groups excluding carboxylic acids is 1. The van der Waals surface area contributed by atoms with E-state index in [9.17, 15) is 4.79 Å². The molecule has 62 valence electrons. The van der Waals surface area contributed by atoms with E-state index in [1.54, 1.807) is 0 Å². The summed E-state index contributed by atoms with van der Waals surface area (Å²) < 4.78 is 0. The average Bonchev–Trinajstić information content (AvgIpc) is 1.89. The molecule has 0 spiro atoms. The first-order valence-electron chi connectivity index (χ1n) is 3.20. The van der Waals surface area contributed by atoms with Crippen LogP contribution in [0.4, 0.5) is 0 Å². The maximum Gasteiger partial charge on any atom is 0.324 e. The Morgan fingerprint density at radius 2 is 2.10 bits per heavy atom. The summed E-state index contributed by atoms with van der Waals surface area (Å²) in [5, 5.41) is 0. The van der Waals surface area contributed by atoms with Gasteiger partial charge in [-0.25, -0.2) is 0 Å². The minimum absolute atomic E-state index is 0. The highest BCUT2D eigenvalue weighted by molar-refractivity contribution is 5.68. The van der Waals surface area contributed by atoms with Gasteiger partial charge in [-0.2, -0.15) is 5.90 Å². The van der Waals surface area contributed by atoms with Crippen molar-refractivity contribution in [3.05, 3.63) is 0 Å². The average molecular weight is 149 g/mol. The molecule has 0 aromatic rings. The summed E-state index contributed by atoms with van der Waals surface area (Å²) >= 11 is 0. The van der Waals surface area contributed by atoms with E-state index in [0.717, 1.165) is 19.3 Å². The zero-order valence-electron chi connectivity index (χ0n) is 6.22. The summed E-state index contributed by atoms with van der Waals surface area (Å²) in [6.07, 6.45) is 3.50. The first kappa shape index (κ1) is 12.1. The summed E-state index contributed by atoms with van der Waals surface area (Å²) in [7, 11) is 0. The van der Waals surface area contributed by atoms with Crippen LogP contribution in [0.5, 0.6) is 0 Å². The molecule has 0 aliphatic rings. The minimum Gasteiger partial charge on any atom is -0.412 e. The van der Waals surface area contributed by atoms with Crippen molar-refractivity contribution in [3.63, 3.8) is 0 Å². The van der Waals surface area contributed by atoms with Crippen molar-refractivity contribution in [1.29, 1.82) is 0 Å². The highest BCUT2D eigenvalue weighted by Crippen LogP contribution is 1.98. The van der Waals surface area contributed by atoms with Gasteiger partial charge in [0.2, 0.25) is 0 Å². The molecule has 0 rings (SSSR count). The third-order valence-corrected chi connectivity index (χ3v) is 1.12. The Labute approximate surface area is 60.6 Å². The zero-order chi connectivity index (χ0) is 7.11. The minimum atomic E-state index is -0.316. The van der Waals surface area contributed by atoms with Gasteiger partial charge in [-0.15, -0.1) is 0 Å². The third-order valence-electron chi connectivity index (χ3n) is 1.12. The normalized spacial score (nSPS) is 8.20. The second-order valence-electron chi connectivity index (χ2n) is 1.95. The van der Waals surface area contributed by atoms with Crippen LogP contribution in [-0.4, -0.2) is 11.4 Å². The van der Waals surface area contributed by atoms with E-state index in [1.807, 2.05) is 0 Å². The molecule has 4 N–H and O–H groups in total. The Kier molecular flexibility index (Phi) is 10.2. The van der Waals surface area contributed by atoms with Crippen molar-refractivity contribution in [3.8, 4) is 0 Å². The molecule has 0 radical (unpaired) electrons. The monoisotopic (exact) mass is 149 g/mol. The molecule has 0 saturated carbocycles. The Morgan fingerprint density at radius 3 is 2.50 bits per heavy atom. The molecule has 0 aromatic carbocycles. The molecule has 0 atom stereocenters. The van der Waals surface area contributed by atoms with Gasteiger partial charge in [0.25, 0.3) is 0 Å². The molecule has 0 aromatic heterocycles. The van der Waals surface area contributed by atoms with E-state index in [4.69, 9.17) is 0 Å². The molecule has 0 aliphatic carbocycles. The molecule has 0 unspecified atom stereocenters. The van der Waals surface area contributed by atoms with Crippen LogP contribution in [-0.2, 0) is 9.63 Å². The molecule has 0 amide bonds.